The fourth-order valence-corrected chi connectivity index (χ4v) is 2.38. The fraction of sp³-hybridized carbons (Fsp3) is 0.200. The first-order valence-corrected chi connectivity index (χ1v) is 6.01. The van der Waals surface area contributed by atoms with Gasteiger partial charge in [0.2, 0.25) is 0 Å². The maximum absolute atomic E-state index is 13.8. The Kier molecular flexibility index (Phi) is 2.76. The van der Waals surface area contributed by atoms with Crippen LogP contribution in [-0.4, -0.2) is 0 Å². The van der Waals surface area contributed by atoms with Gasteiger partial charge < -0.3 is 10.5 Å². The van der Waals surface area contributed by atoms with Crippen LogP contribution in [0.25, 0.3) is 0 Å². The van der Waals surface area contributed by atoms with Gasteiger partial charge in [0.05, 0.1) is 0 Å². The van der Waals surface area contributed by atoms with Gasteiger partial charge in [-0.3, -0.25) is 0 Å². The number of fused-ring (bicyclic) bond motifs is 1. The minimum atomic E-state index is -0.309. The summed E-state index contributed by atoms with van der Waals surface area (Å²) in [5, 5.41) is 0. The predicted molar refractivity (Wildman–Crippen MR) is 67.8 cm³/mol. The maximum atomic E-state index is 13.8. The van der Waals surface area contributed by atoms with Crippen molar-refractivity contribution in [3.8, 4) is 5.75 Å². The smallest absolute Gasteiger partial charge is 0.130 e. The number of nitrogens with two attached hydrogens (primary N) is 1. The average molecular weight is 243 g/mol. The Bertz CT molecular complexity index is 570. The zero-order valence-corrected chi connectivity index (χ0v) is 9.84. The van der Waals surface area contributed by atoms with Gasteiger partial charge in [-0.05, 0) is 12.1 Å². The second-order valence-electron chi connectivity index (χ2n) is 4.51. The Balaban J connectivity index is 1.97. The average Bonchev–Trinajstić information content (AvgIpc) is 2.39. The van der Waals surface area contributed by atoms with E-state index in [0.717, 1.165) is 11.3 Å². The van der Waals surface area contributed by atoms with Crippen LogP contribution in [-0.2, 0) is 0 Å². The van der Waals surface area contributed by atoms with E-state index in [1.165, 1.54) is 6.07 Å². The lowest BCUT2D eigenvalue weighted by Gasteiger charge is -2.30. The van der Waals surface area contributed by atoms with E-state index in [2.05, 4.69) is 0 Å². The van der Waals surface area contributed by atoms with Gasteiger partial charge in [0.25, 0.3) is 0 Å². The molecular formula is C15H14FNO. The molecule has 2 aromatic rings. The van der Waals surface area contributed by atoms with E-state index in [1.54, 1.807) is 12.1 Å². The number of halogens is 1. The Morgan fingerprint density at radius 3 is 2.44 bits per heavy atom. The quantitative estimate of drug-likeness (QED) is 0.833. The van der Waals surface area contributed by atoms with E-state index in [1.807, 2.05) is 30.3 Å². The lowest BCUT2D eigenvalue weighted by Crippen LogP contribution is -2.24. The van der Waals surface area contributed by atoms with E-state index < -0.39 is 0 Å². The molecule has 1 aliphatic rings. The van der Waals surface area contributed by atoms with Crippen LogP contribution in [0.15, 0.2) is 48.5 Å². The number of benzene rings is 2. The van der Waals surface area contributed by atoms with Crippen LogP contribution in [0.5, 0.6) is 5.75 Å². The normalized spacial score (nSPS) is 22.1. The summed E-state index contributed by atoms with van der Waals surface area (Å²) >= 11 is 0. The molecule has 0 spiro atoms. The van der Waals surface area contributed by atoms with Gasteiger partial charge in [0.15, 0.2) is 0 Å². The summed E-state index contributed by atoms with van der Waals surface area (Å²) < 4.78 is 19.6. The minimum absolute atomic E-state index is 0.112. The number of hydrogen-bond donors (Lipinski definition) is 1. The van der Waals surface area contributed by atoms with Gasteiger partial charge >= 0.3 is 0 Å². The summed E-state index contributed by atoms with van der Waals surface area (Å²) in [5.41, 5.74) is 7.68. The molecular weight excluding hydrogens is 229 g/mol. The molecule has 92 valence electrons. The molecule has 0 saturated carbocycles. The van der Waals surface area contributed by atoms with Crippen LogP contribution < -0.4 is 10.5 Å². The molecule has 0 aliphatic carbocycles. The molecule has 18 heavy (non-hydrogen) atoms. The van der Waals surface area contributed by atoms with Crippen LogP contribution in [0.2, 0.25) is 0 Å². The first-order valence-electron chi connectivity index (χ1n) is 6.01. The zero-order valence-electron chi connectivity index (χ0n) is 9.84. The van der Waals surface area contributed by atoms with Crippen molar-refractivity contribution in [2.24, 2.45) is 5.73 Å². The highest BCUT2D eigenvalue weighted by molar-refractivity contribution is 5.39. The fourth-order valence-electron chi connectivity index (χ4n) is 2.38. The molecule has 0 saturated heterocycles. The highest BCUT2D eigenvalue weighted by atomic mass is 19.1. The summed E-state index contributed by atoms with van der Waals surface area (Å²) in [6, 6.07) is 14.2. The monoisotopic (exact) mass is 243 g/mol. The molecule has 2 nitrogen and oxygen atoms in total. The zero-order chi connectivity index (χ0) is 12.5. The largest absolute Gasteiger partial charge is 0.485 e. The Labute approximate surface area is 105 Å². The third kappa shape index (κ3) is 1.87. The van der Waals surface area contributed by atoms with Crippen molar-refractivity contribution in [2.45, 2.75) is 18.6 Å². The van der Waals surface area contributed by atoms with Crippen molar-refractivity contribution in [1.29, 1.82) is 0 Å². The predicted octanol–water partition coefficient (Wildman–Crippen LogP) is 3.35. The molecule has 1 unspecified atom stereocenters. The van der Waals surface area contributed by atoms with E-state index in [9.17, 15) is 4.39 Å². The van der Waals surface area contributed by atoms with Gasteiger partial charge in [0.1, 0.15) is 17.7 Å². The summed E-state index contributed by atoms with van der Waals surface area (Å²) in [7, 11) is 0. The second-order valence-corrected chi connectivity index (χ2v) is 4.51. The minimum Gasteiger partial charge on any atom is -0.485 e. The second kappa shape index (κ2) is 4.42. The molecule has 0 amide bonds. The lowest BCUT2D eigenvalue weighted by molar-refractivity contribution is 0.157. The van der Waals surface area contributed by atoms with Crippen molar-refractivity contribution in [3.63, 3.8) is 0 Å². The molecule has 0 bridgehead atoms. The van der Waals surface area contributed by atoms with Crippen molar-refractivity contribution < 1.29 is 9.13 Å². The highest BCUT2D eigenvalue weighted by Crippen LogP contribution is 2.39. The molecule has 1 aliphatic heterocycles. The molecule has 3 heteroatoms. The number of ether oxygens (including phenoxy) is 1. The summed E-state index contributed by atoms with van der Waals surface area (Å²) in [6.45, 7) is 0. The van der Waals surface area contributed by atoms with Crippen LogP contribution in [0.1, 0.15) is 29.7 Å². The summed E-state index contributed by atoms with van der Waals surface area (Å²) in [5.74, 6) is 0.513. The summed E-state index contributed by atoms with van der Waals surface area (Å²) in [4.78, 5) is 0. The molecule has 2 atom stereocenters. The molecule has 0 aromatic heterocycles. The topological polar surface area (TPSA) is 35.2 Å². The molecule has 2 N–H and O–H groups in total. The Morgan fingerprint density at radius 2 is 1.67 bits per heavy atom. The lowest BCUT2D eigenvalue weighted by atomic mass is 9.93. The van der Waals surface area contributed by atoms with Crippen LogP contribution in [0, 0.1) is 5.82 Å². The van der Waals surface area contributed by atoms with Crippen molar-refractivity contribution in [2.75, 3.05) is 0 Å². The first-order chi connectivity index (χ1) is 8.75. The molecule has 0 fully saturated rings. The van der Waals surface area contributed by atoms with Gasteiger partial charge in [-0.15, -0.1) is 0 Å². The van der Waals surface area contributed by atoms with Gasteiger partial charge in [-0.2, -0.15) is 0 Å². The number of rotatable bonds is 1. The van der Waals surface area contributed by atoms with Crippen molar-refractivity contribution >= 4 is 0 Å². The maximum Gasteiger partial charge on any atom is 0.130 e. The molecule has 2 aromatic carbocycles. The first kappa shape index (κ1) is 11.2. The third-order valence-electron chi connectivity index (χ3n) is 3.31. The Morgan fingerprint density at radius 1 is 1.00 bits per heavy atom. The van der Waals surface area contributed by atoms with Gasteiger partial charge in [-0.25, -0.2) is 4.39 Å². The highest BCUT2D eigenvalue weighted by Gasteiger charge is 2.28. The van der Waals surface area contributed by atoms with Crippen molar-refractivity contribution in [3.05, 3.63) is 65.5 Å². The van der Waals surface area contributed by atoms with E-state index in [4.69, 9.17) is 10.5 Å². The number of para-hydroxylation sites is 1. The molecule has 1 heterocycles. The van der Waals surface area contributed by atoms with Crippen molar-refractivity contribution in [1.82, 2.24) is 0 Å². The Hall–Kier alpha value is -1.87. The van der Waals surface area contributed by atoms with Gasteiger partial charge in [-0.1, -0.05) is 36.4 Å². The van der Waals surface area contributed by atoms with E-state index in [0.29, 0.717) is 12.0 Å². The number of hydrogen-bond acceptors (Lipinski definition) is 2. The standard InChI is InChI=1S/C15H14FNO/c16-12-7-3-1-5-10(12)15-9-13(17)11-6-2-4-8-14(11)18-15/h1-8,13,15H,9,17H2/t13-,15?/m0/s1. The van der Waals surface area contributed by atoms with E-state index >= 15 is 0 Å². The van der Waals surface area contributed by atoms with E-state index in [-0.39, 0.29) is 18.0 Å². The third-order valence-corrected chi connectivity index (χ3v) is 3.31. The van der Waals surface area contributed by atoms with Crippen LogP contribution in [0.3, 0.4) is 0 Å². The SMILES string of the molecule is N[C@H]1CC(c2ccccc2F)Oc2ccccc21. The van der Waals surface area contributed by atoms with Crippen LogP contribution >= 0.6 is 0 Å². The molecule has 0 radical (unpaired) electrons. The molecule has 3 rings (SSSR count). The van der Waals surface area contributed by atoms with Crippen LogP contribution in [0.4, 0.5) is 4.39 Å². The van der Waals surface area contributed by atoms with Gasteiger partial charge in [0, 0.05) is 23.6 Å². The summed E-state index contributed by atoms with van der Waals surface area (Å²) in [6.07, 6.45) is 0.286.